The number of para-hydroxylation sites is 1. The molecule has 1 aromatic carbocycles. The van der Waals surface area contributed by atoms with Crippen molar-refractivity contribution in [3.8, 4) is 10.7 Å². The summed E-state index contributed by atoms with van der Waals surface area (Å²) in [7, 11) is 0. The molecule has 1 aliphatic heterocycles. The maximum Gasteiger partial charge on any atom is 0.240 e. The zero-order valence-corrected chi connectivity index (χ0v) is 14.7. The SMILES string of the molecule is CC1CC(=O)NN=C1c1cccc2[nH]c(-c3ccc(Br)s3)nc12. The minimum absolute atomic E-state index is 0.0421. The summed E-state index contributed by atoms with van der Waals surface area (Å²) in [6.07, 6.45) is 0.449. The van der Waals surface area contributed by atoms with E-state index < -0.39 is 0 Å². The van der Waals surface area contributed by atoms with Crippen molar-refractivity contribution in [3.63, 3.8) is 0 Å². The van der Waals surface area contributed by atoms with E-state index in [-0.39, 0.29) is 11.8 Å². The molecule has 0 saturated carbocycles. The highest BCUT2D eigenvalue weighted by atomic mass is 79.9. The standard InChI is InChI=1S/C16H13BrN4OS/c1-8-7-13(22)20-21-14(8)9-3-2-4-10-15(9)19-16(18-10)11-5-6-12(17)23-11/h2-6,8H,7H2,1H3,(H,18,19)(H,20,22). The van der Waals surface area contributed by atoms with Crippen LogP contribution in [0.25, 0.3) is 21.7 Å². The highest BCUT2D eigenvalue weighted by Crippen LogP contribution is 2.32. The summed E-state index contributed by atoms with van der Waals surface area (Å²) in [6, 6.07) is 10.0. The number of fused-ring (bicyclic) bond motifs is 1. The molecule has 116 valence electrons. The van der Waals surface area contributed by atoms with Crippen LogP contribution in [-0.4, -0.2) is 21.6 Å². The van der Waals surface area contributed by atoms with Gasteiger partial charge in [-0.15, -0.1) is 11.3 Å². The zero-order valence-electron chi connectivity index (χ0n) is 12.3. The van der Waals surface area contributed by atoms with Crippen LogP contribution in [0.4, 0.5) is 0 Å². The Balaban J connectivity index is 1.85. The van der Waals surface area contributed by atoms with Crippen LogP contribution in [0.5, 0.6) is 0 Å². The van der Waals surface area contributed by atoms with E-state index in [9.17, 15) is 4.79 Å². The van der Waals surface area contributed by atoms with E-state index in [2.05, 4.69) is 31.4 Å². The molecule has 3 heterocycles. The van der Waals surface area contributed by atoms with Gasteiger partial charge in [0.25, 0.3) is 0 Å². The lowest BCUT2D eigenvalue weighted by molar-refractivity contribution is -0.121. The lowest BCUT2D eigenvalue weighted by Gasteiger charge is -2.19. The van der Waals surface area contributed by atoms with Crippen molar-refractivity contribution in [2.45, 2.75) is 13.3 Å². The number of H-pyrrole nitrogens is 1. The second-order valence-corrected chi connectivity index (χ2v) is 7.99. The summed E-state index contributed by atoms with van der Waals surface area (Å²) in [6.45, 7) is 2.01. The molecule has 3 aromatic rings. The fourth-order valence-electron chi connectivity index (χ4n) is 2.78. The number of imidazole rings is 1. The Hall–Kier alpha value is -1.99. The Kier molecular flexibility index (Phi) is 3.54. The Morgan fingerprint density at radius 1 is 1.30 bits per heavy atom. The lowest BCUT2D eigenvalue weighted by Crippen LogP contribution is -2.32. The van der Waals surface area contributed by atoms with E-state index in [1.807, 2.05) is 37.3 Å². The van der Waals surface area contributed by atoms with E-state index >= 15 is 0 Å². The number of halogens is 1. The first-order valence-electron chi connectivity index (χ1n) is 7.23. The zero-order chi connectivity index (χ0) is 16.0. The smallest absolute Gasteiger partial charge is 0.240 e. The molecule has 1 unspecified atom stereocenters. The monoisotopic (exact) mass is 388 g/mol. The molecule has 1 atom stereocenters. The average molecular weight is 389 g/mol. The number of thiophene rings is 1. The maximum absolute atomic E-state index is 11.5. The van der Waals surface area contributed by atoms with Crippen LogP contribution in [0.1, 0.15) is 18.9 Å². The second kappa shape index (κ2) is 5.58. The first-order valence-corrected chi connectivity index (χ1v) is 8.84. The maximum atomic E-state index is 11.5. The molecule has 7 heteroatoms. The molecule has 0 fully saturated rings. The Morgan fingerprint density at radius 3 is 2.91 bits per heavy atom. The van der Waals surface area contributed by atoms with Gasteiger partial charge >= 0.3 is 0 Å². The third-order valence-corrected chi connectivity index (χ3v) is 5.49. The van der Waals surface area contributed by atoms with E-state index in [4.69, 9.17) is 4.98 Å². The van der Waals surface area contributed by atoms with Gasteiger partial charge < -0.3 is 4.98 Å². The van der Waals surface area contributed by atoms with Crippen molar-refractivity contribution in [1.29, 1.82) is 0 Å². The van der Waals surface area contributed by atoms with E-state index in [1.165, 1.54) is 0 Å². The van der Waals surface area contributed by atoms with Gasteiger partial charge in [0.05, 0.1) is 25.4 Å². The van der Waals surface area contributed by atoms with Gasteiger partial charge in [-0.2, -0.15) is 5.10 Å². The third-order valence-electron chi connectivity index (χ3n) is 3.85. The Labute approximate surface area is 145 Å². The van der Waals surface area contributed by atoms with E-state index in [0.29, 0.717) is 6.42 Å². The lowest BCUT2D eigenvalue weighted by atomic mass is 9.93. The Morgan fingerprint density at radius 2 is 2.17 bits per heavy atom. The topological polar surface area (TPSA) is 70.1 Å². The molecule has 0 aliphatic carbocycles. The number of aromatic nitrogens is 2. The van der Waals surface area contributed by atoms with Gasteiger partial charge in [-0.25, -0.2) is 10.4 Å². The number of nitrogens with one attached hydrogen (secondary N) is 2. The van der Waals surface area contributed by atoms with Gasteiger partial charge in [0, 0.05) is 17.9 Å². The molecule has 4 rings (SSSR count). The number of nitrogens with zero attached hydrogens (tertiary/aromatic N) is 2. The van der Waals surface area contributed by atoms with Gasteiger partial charge in [0.15, 0.2) is 0 Å². The van der Waals surface area contributed by atoms with Crippen molar-refractivity contribution >= 4 is 49.9 Å². The normalized spacial score (nSPS) is 18.1. The number of benzene rings is 1. The summed E-state index contributed by atoms with van der Waals surface area (Å²) in [5.74, 6) is 0.876. The number of amides is 1. The summed E-state index contributed by atoms with van der Waals surface area (Å²) < 4.78 is 1.07. The van der Waals surface area contributed by atoms with Gasteiger partial charge in [0.1, 0.15) is 5.82 Å². The summed E-state index contributed by atoms with van der Waals surface area (Å²) in [4.78, 5) is 20.7. The first-order chi connectivity index (χ1) is 11.1. The number of aromatic amines is 1. The minimum Gasteiger partial charge on any atom is -0.337 e. The number of hydrogen-bond acceptors (Lipinski definition) is 4. The van der Waals surface area contributed by atoms with Gasteiger partial charge in [-0.3, -0.25) is 4.79 Å². The van der Waals surface area contributed by atoms with Crippen LogP contribution in [0, 0.1) is 5.92 Å². The molecule has 0 radical (unpaired) electrons. The quantitative estimate of drug-likeness (QED) is 0.698. The molecule has 1 amide bonds. The van der Waals surface area contributed by atoms with Crippen LogP contribution in [-0.2, 0) is 4.79 Å². The third kappa shape index (κ3) is 2.60. The number of rotatable bonds is 2. The van der Waals surface area contributed by atoms with Crippen molar-refractivity contribution in [2.24, 2.45) is 11.0 Å². The second-order valence-electron chi connectivity index (χ2n) is 5.53. The van der Waals surface area contributed by atoms with Crippen LogP contribution >= 0.6 is 27.3 Å². The average Bonchev–Trinajstić information content (AvgIpc) is 3.13. The van der Waals surface area contributed by atoms with Gasteiger partial charge in [-0.1, -0.05) is 19.1 Å². The fourth-order valence-corrected chi connectivity index (χ4v) is 4.11. The van der Waals surface area contributed by atoms with Crippen LogP contribution in [0.3, 0.4) is 0 Å². The van der Waals surface area contributed by atoms with Gasteiger partial charge in [-0.05, 0) is 34.1 Å². The Bertz CT molecular complexity index is 943. The van der Waals surface area contributed by atoms with Crippen LogP contribution < -0.4 is 5.43 Å². The van der Waals surface area contributed by atoms with E-state index in [1.54, 1.807) is 11.3 Å². The summed E-state index contributed by atoms with van der Waals surface area (Å²) in [5, 5.41) is 4.26. The molecule has 0 spiro atoms. The van der Waals surface area contributed by atoms with Crippen molar-refractivity contribution in [1.82, 2.24) is 15.4 Å². The molecule has 23 heavy (non-hydrogen) atoms. The molecule has 5 nitrogen and oxygen atoms in total. The first kappa shape index (κ1) is 14.6. The van der Waals surface area contributed by atoms with Crippen molar-refractivity contribution in [2.75, 3.05) is 0 Å². The van der Waals surface area contributed by atoms with E-state index in [0.717, 1.165) is 36.8 Å². The number of carbonyl (C=O) groups is 1. The highest BCUT2D eigenvalue weighted by Gasteiger charge is 2.24. The molecule has 1 aliphatic rings. The summed E-state index contributed by atoms with van der Waals surface area (Å²) >= 11 is 5.12. The molecular formula is C16H13BrN4OS. The largest absolute Gasteiger partial charge is 0.337 e. The van der Waals surface area contributed by atoms with Crippen molar-refractivity contribution < 1.29 is 4.79 Å². The fraction of sp³-hybridized carbons (Fsp3) is 0.188. The predicted octanol–water partition coefficient (Wildman–Crippen LogP) is 3.91. The number of hydrazone groups is 1. The highest BCUT2D eigenvalue weighted by molar-refractivity contribution is 9.11. The number of carbonyl (C=O) groups excluding carboxylic acids is 1. The molecule has 2 N–H and O–H groups in total. The minimum atomic E-state index is -0.0421. The van der Waals surface area contributed by atoms with Crippen molar-refractivity contribution in [3.05, 3.63) is 39.7 Å². The molecule has 0 saturated heterocycles. The summed E-state index contributed by atoms with van der Waals surface area (Å²) in [5.41, 5.74) is 6.27. The predicted molar refractivity (Wildman–Crippen MR) is 95.6 cm³/mol. The van der Waals surface area contributed by atoms with Crippen LogP contribution in [0.2, 0.25) is 0 Å². The molecular weight excluding hydrogens is 376 g/mol. The van der Waals surface area contributed by atoms with Gasteiger partial charge in [0.2, 0.25) is 5.91 Å². The number of hydrogen-bond donors (Lipinski definition) is 2. The van der Waals surface area contributed by atoms with Crippen LogP contribution in [0.15, 0.2) is 39.2 Å². The molecule has 0 bridgehead atoms. The molecule has 2 aromatic heterocycles.